The molecule has 1 amide bonds. The van der Waals surface area contributed by atoms with E-state index in [0.29, 0.717) is 64.5 Å². The Kier molecular flexibility index (Phi) is 12.3. The number of esters is 1. The van der Waals surface area contributed by atoms with Gasteiger partial charge in [-0.3, -0.25) is 4.79 Å². The van der Waals surface area contributed by atoms with E-state index in [2.05, 4.69) is 9.72 Å². The van der Waals surface area contributed by atoms with Crippen molar-refractivity contribution >= 4 is 46.8 Å². The van der Waals surface area contributed by atoms with E-state index in [9.17, 15) is 18.4 Å². The third-order valence-electron chi connectivity index (χ3n) is 7.36. The van der Waals surface area contributed by atoms with Crippen molar-refractivity contribution in [2.75, 3.05) is 25.4 Å². The molecule has 5 rings (SSSR count). The summed E-state index contributed by atoms with van der Waals surface area (Å²) in [4.78, 5) is 31.5. The molecule has 0 bridgehead atoms. The molecule has 1 saturated heterocycles. The number of carbonyl (C=O) groups is 2. The Labute approximate surface area is 273 Å². The van der Waals surface area contributed by atoms with E-state index >= 15 is 0 Å². The van der Waals surface area contributed by atoms with Gasteiger partial charge in [0.2, 0.25) is 0 Å². The number of nitrogens with zero attached hydrogens (tertiary/aromatic N) is 1. The molecule has 242 valence electrons. The summed E-state index contributed by atoms with van der Waals surface area (Å²) in [5, 5.41) is -0.242. The monoisotopic (exact) mass is 683 g/mol. The van der Waals surface area contributed by atoms with Crippen molar-refractivity contribution in [2.24, 2.45) is 11.7 Å². The number of carbonyl (C=O) groups excluding carboxylic acids is 2. The lowest BCUT2D eigenvalue weighted by molar-refractivity contribution is -0.377. The van der Waals surface area contributed by atoms with Crippen LogP contribution in [0.5, 0.6) is 11.5 Å². The van der Waals surface area contributed by atoms with Gasteiger partial charge in [0.05, 0.1) is 6.61 Å². The molecule has 2 atom stereocenters. The van der Waals surface area contributed by atoms with Gasteiger partial charge in [0, 0.05) is 29.8 Å². The van der Waals surface area contributed by atoms with E-state index in [0.717, 1.165) is 18.4 Å². The number of halogens is 4. The molecule has 0 spiro atoms. The van der Waals surface area contributed by atoms with Gasteiger partial charge in [-0.05, 0) is 67.1 Å². The van der Waals surface area contributed by atoms with Gasteiger partial charge in [0.1, 0.15) is 16.1 Å². The lowest BCUT2D eigenvalue weighted by Gasteiger charge is -2.26. The number of benzene rings is 2. The normalized spacial score (nSPS) is 16.7. The van der Waals surface area contributed by atoms with Crippen molar-refractivity contribution in [3.8, 4) is 11.5 Å². The predicted molar refractivity (Wildman–Crippen MR) is 165 cm³/mol. The van der Waals surface area contributed by atoms with Crippen LogP contribution in [-0.2, 0) is 22.4 Å². The number of H-pyrrole nitrogens is 1. The molecule has 2 aliphatic rings. The van der Waals surface area contributed by atoms with E-state index in [1.54, 1.807) is 24.5 Å². The summed E-state index contributed by atoms with van der Waals surface area (Å²) >= 11 is 14.2. The van der Waals surface area contributed by atoms with Crippen LogP contribution in [-0.4, -0.2) is 59.7 Å². The highest BCUT2D eigenvalue weighted by molar-refractivity contribution is 8.00. The molecule has 2 heterocycles. The van der Waals surface area contributed by atoms with Crippen LogP contribution in [0.2, 0.25) is 10.0 Å². The third kappa shape index (κ3) is 8.98. The van der Waals surface area contributed by atoms with Crippen molar-refractivity contribution in [3.63, 3.8) is 0 Å². The maximum atomic E-state index is 13.7. The van der Waals surface area contributed by atoms with E-state index < -0.39 is 24.1 Å². The van der Waals surface area contributed by atoms with E-state index in [1.807, 2.05) is 12.1 Å². The summed E-state index contributed by atoms with van der Waals surface area (Å²) in [6, 6.07) is 11.6. The number of alkyl halides is 2. The molecule has 2 fully saturated rings. The van der Waals surface area contributed by atoms with Crippen molar-refractivity contribution in [3.05, 3.63) is 87.2 Å². The fourth-order valence-corrected chi connectivity index (χ4v) is 6.46. The summed E-state index contributed by atoms with van der Waals surface area (Å²) in [7, 11) is 0. The average molecular weight is 685 g/mol. The Hall–Kier alpha value is -3.16. The largest absolute Gasteiger partial charge is 0.870 e. The number of rotatable bonds is 13. The quantitative estimate of drug-likeness (QED) is 0.231. The van der Waals surface area contributed by atoms with Crippen molar-refractivity contribution < 1.29 is 43.0 Å². The number of aromatic amines is 1. The summed E-state index contributed by atoms with van der Waals surface area (Å²) < 4.78 is 42.9. The van der Waals surface area contributed by atoms with Gasteiger partial charge in [-0.25, -0.2) is 9.78 Å². The molecule has 3 aromatic rings. The number of pyridine rings is 1. The zero-order chi connectivity index (χ0) is 31.2. The fourth-order valence-electron chi connectivity index (χ4n) is 4.83. The Morgan fingerprint density at radius 1 is 1.07 bits per heavy atom. The second-order valence-corrected chi connectivity index (χ2v) is 12.6. The van der Waals surface area contributed by atoms with Crippen LogP contribution >= 0.6 is 35.0 Å². The second kappa shape index (κ2) is 15.9. The smallest absolute Gasteiger partial charge is 0.387 e. The minimum atomic E-state index is -3.05. The molecule has 4 N–H and O–H groups in total. The van der Waals surface area contributed by atoms with Crippen LogP contribution in [0.3, 0.4) is 0 Å². The van der Waals surface area contributed by atoms with Gasteiger partial charge in [-0.15, -0.1) is 11.8 Å². The zero-order valence-electron chi connectivity index (χ0n) is 24.1. The number of thioether (sulfide) groups is 1. The first-order chi connectivity index (χ1) is 21.2. The first kappa shape index (κ1) is 34.7. The Bertz CT molecular complexity index is 1460. The van der Waals surface area contributed by atoms with Crippen molar-refractivity contribution in [2.45, 2.75) is 43.8 Å². The number of nitrogens with two attached hydrogens (primary N) is 1. The summed E-state index contributed by atoms with van der Waals surface area (Å²) in [5.41, 5.74) is 8.07. The predicted octanol–water partition coefficient (Wildman–Crippen LogP) is 5.56. The lowest BCUT2D eigenvalue weighted by Crippen LogP contribution is -2.40. The summed E-state index contributed by atoms with van der Waals surface area (Å²) in [5.74, 6) is -0.0353. The van der Waals surface area contributed by atoms with Crippen molar-refractivity contribution in [1.29, 1.82) is 0 Å². The molecule has 1 saturated carbocycles. The van der Waals surface area contributed by atoms with Gasteiger partial charge in [-0.2, -0.15) is 8.78 Å². The molecule has 1 aliphatic carbocycles. The van der Waals surface area contributed by atoms with E-state index in [-0.39, 0.29) is 29.3 Å². The topological polar surface area (TPSA) is 135 Å². The molecule has 1 aliphatic heterocycles. The molecule has 9 nitrogen and oxygen atoms in total. The molecule has 2 aromatic carbocycles. The second-order valence-electron chi connectivity index (χ2n) is 10.6. The van der Waals surface area contributed by atoms with Crippen molar-refractivity contribution in [1.82, 2.24) is 4.90 Å². The van der Waals surface area contributed by atoms with Gasteiger partial charge in [0.25, 0.3) is 5.91 Å². The maximum absolute atomic E-state index is 13.7. The molecule has 0 radical (unpaired) electrons. The number of amides is 1. The van der Waals surface area contributed by atoms with Crippen LogP contribution in [0.4, 0.5) is 8.78 Å². The van der Waals surface area contributed by atoms with Crippen LogP contribution in [0.15, 0.2) is 54.9 Å². The minimum absolute atomic E-state index is 0. The molecular weight excluding hydrogens is 651 g/mol. The number of nitrogens with one attached hydrogen (secondary N) is 1. The minimum Gasteiger partial charge on any atom is -0.870 e. The Morgan fingerprint density at radius 3 is 2.42 bits per heavy atom. The van der Waals surface area contributed by atoms with Gasteiger partial charge >= 0.3 is 12.6 Å². The number of aromatic nitrogens is 1. The van der Waals surface area contributed by atoms with Gasteiger partial charge < -0.3 is 30.3 Å². The SMILES string of the molecule is NCCc1ccc(C(=O)N2CCSC2C(=O)O[C@@H](Cc2c(Cl)c[nH+]cc2Cl)c2ccc(OC(F)F)c(OCC3CC3)c2)cc1.[OH-]. The van der Waals surface area contributed by atoms with Crippen LogP contribution in [0.1, 0.15) is 46.0 Å². The standard InChI is InChI=1S/C31H31Cl2F2N3O5S.H2O/c32-23-15-37-16-24(33)22(23)14-26(21-7-8-25(43-31(34)35)27(13-21)41-17-19-1-2-19)42-30(40)29-38(11-12-44-29)28(39)20-5-3-18(4-6-20)9-10-36;/h3-8,13,15-16,19,26,29,31H,1-2,9-12,14,17,36H2;1H2/t26-,29?;/m0./s1. The van der Waals surface area contributed by atoms with Crippen LogP contribution in [0.25, 0.3) is 0 Å². The number of hydrogen-bond donors (Lipinski definition) is 1. The molecule has 14 heteroatoms. The Balaban J connectivity index is 0.00000461. The highest BCUT2D eigenvalue weighted by atomic mass is 35.5. The van der Waals surface area contributed by atoms with Crippen LogP contribution in [0, 0.1) is 5.92 Å². The van der Waals surface area contributed by atoms with Gasteiger partial charge in [0.15, 0.2) is 29.3 Å². The molecule has 45 heavy (non-hydrogen) atoms. The van der Waals surface area contributed by atoms with Gasteiger partial charge in [-0.1, -0.05) is 41.4 Å². The van der Waals surface area contributed by atoms with E-state index in [4.69, 9.17) is 38.4 Å². The van der Waals surface area contributed by atoms with Crippen LogP contribution < -0.4 is 20.2 Å². The lowest BCUT2D eigenvalue weighted by atomic mass is 10.0. The molecular formula is C31H33Cl2F2N3O6S. The average Bonchev–Trinajstić information content (AvgIpc) is 3.70. The summed E-state index contributed by atoms with van der Waals surface area (Å²) in [6.07, 6.45) is 4.92. The van der Waals surface area contributed by atoms with E-state index in [1.165, 1.54) is 34.9 Å². The fraction of sp³-hybridized carbons (Fsp3) is 0.387. The number of hydrogen-bond acceptors (Lipinski definition) is 8. The zero-order valence-corrected chi connectivity index (χ0v) is 26.4. The third-order valence-corrected chi connectivity index (χ3v) is 9.21. The summed E-state index contributed by atoms with van der Waals surface area (Å²) in [6.45, 7) is -1.83. The molecule has 1 aromatic heterocycles. The maximum Gasteiger partial charge on any atom is 0.387 e. The highest BCUT2D eigenvalue weighted by Gasteiger charge is 2.38. The molecule has 1 unspecified atom stereocenters. The first-order valence-electron chi connectivity index (χ1n) is 14.2. The first-order valence-corrected chi connectivity index (χ1v) is 16.0. The number of ether oxygens (including phenoxy) is 3. The highest BCUT2D eigenvalue weighted by Crippen LogP contribution is 2.38. The Morgan fingerprint density at radius 2 is 1.78 bits per heavy atom.